The van der Waals surface area contributed by atoms with Gasteiger partial charge in [0.05, 0.1) is 11.2 Å². The number of benzene rings is 5. The average Bonchev–Trinajstić information content (AvgIpc) is 3.67. The number of para-hydroxylation sites is 2. The molecule has 1 heterocycles. The fraction of sp³-hybridized carbons (Fsp3) is 0.137. The molecule has 1 aromatic heterocycles. The molecule has 53 heavy (non-hydrogen) atoms. The molecule has 4 aliphatic carbocycles. The Hall–Kier alpha value is -6.12. The Morgan fingerprint density at radius 2 is 1.47 bits per heavy atom. The molecule has 0 saturated carbocycles. The predicted octanol–water partition coefficient (Wildman–Crippen LogP) is 13.4. The van der Waals surface area contributed by atoms with Gasteiger partial charge in [-0.1, -0.05) is 141 Å². The van der Waals surface area contributed by atoms with Crippen molar-refractivity contribution >= 4 is 27.9 Å². The molecule has 256 valence electrons. The van der Waals surface area contributed by atoms with Gasteiger partial charge in [0.1, 0.15) is 0 Å². The highest BCUT2D eigenvalue weighted by molar-refractivity contribution is 6.02. The summed E-state index contributed by atoms with van der Waals surface area (Å²) in [6.07, 6.45) is 23.6. The Morgan fingerprint density at radius 1 is 0.717 bits per heavy atom. The number of rotatable bonds is 6. The van der Waals surface area contributed by atoms with Crippen molar-refractivity contribution in [2.75, 3.05) is 4.90 Å². The molecule has 0 radical (unpaired) electrons. The molecular weight excluding hydrogens is 641 g/mol. The number of nitrogens with zero attached hydrogens (tertiary/aromatic N) is 2. The minimum atomic E-state index is -0.199. The Kier molecular flexibility index (Phi) is 7.47. The molecule has 1 atom stereocenters. The van der Waals surface area contributed by atoms with Gasteiger partial charge in [0.2, 0.25) is 0 Å². The Labute approximate surface area is 312 Å². The Bertz CT molecular complexity index is 2600. The minimum Gasteiger partial charge on any atom is -0.311 e. The van der Waals surface area contributed by atoms with Crippen LogP contribution in [0.1, 0.15) is 49.8 Å². The third-order valence-corrected chi connectivity index (χ3v) is 11.8. The third kappa shape index (κ3) is 5.16. The first-order valence-electron chi connectivity index (χ1n) is 19.0. The highest BCUT2D eigenvalue weighted by Crippen LogP contribution is 2.52. The lowest BCUT2D eigenvalue weighted by Gasteiger charge is -2.32. The van der Waals surface area contributed by atoms with Gasteiger partial charge in [-0.2, -0.15) is 0 Å². The third-order valence-electron chi connectivity index (χ3n) is 11.8. The van der Waals surface area contributed by atoms with Crippen LogP contribution >= 0.6 is 0 Å². The predicted molar refractivity (Wildman–Crippen MR) is 224 cm³/mol. The molecule has 6 aromatic rings. The van der Waals surface area contributed by atoms with Crippen molar-refractivity contribution in [3.05, 3.63) is 204 Å². The fourth-order valence-corrected chi connectivity index (χ4v) is 9.13. The van der Waals surface area contributed by atoms with Gasteiger partial charge in [0.15, 0.2) is 0 Å². The van der Waals surface area contributed by atoms with Gasteiger partial charge in [-0.25, -0.2) is 0 Å². The molecule has 10 rings (SSSR count). The zero-order valence-corrected chi connectivity index (χ0v) is 30.3. The van der Waals surface area contributed by atoms with Gasteiger partial charge in [0.25, 0.3) is 0 Å². The molecule has 2 nitrogen and oxygen atoms in total. The van der Waals surface area contributed by atoms with Crippen molar-refractivity contribution in [1.82, 2.24) is 4.57 Å². The quantitative estimate of drug-likeness (QED) is 0.170. The van der Waals surface area contributed by atoms with Crippen LogP contribution in [0, 0.1) is 5.92 Å². The van der Waals surface area contributed by atoms with E-state index in [0.29, 0.717) is 5.92 Å². The number of aromatic nitrogens is 1. The molecular formula is C51H42N2. The van der Waals surface area contributed by atoms with E-state index < -0.39 is 0 Å². The van der Waals surface area contributed by atoms with Gasteiger partial charge in [-0.15, -0.1) is 0 Å². The zero-order valence-electron chi connectivity index (χ0n) is 30.3. The van der Waals surface area contributed by atoms with E-state index in [1.165, 1.54) is 83.9 Å². The zero-order chi connectivity index (χ0) is 35.5. The largest absolute Gasteiger partial charge is 0.311 e. The number of anilines is 2. The van der Waals surface area contributed by atoms with E-state index in [2.05, 4.69) is 199 Å². The first-order valence-corrected chi connectivity index (χ1v) is 19.0. The molecule has 1 unspecified atom stereocenters. The van der Waals surface area contributed by atoms with Gasteiger partial charge < -0.3 is 9.47 Å². The molecule has 0 bridgehead atoms. The summed E-state index contributed by atoms with van der Waals surface area (Å²) in [6, 6.07) is 45.1. The van der Waals surface area contributed by atoms with Crippen LogP contribution < -0.4 is 4.90 Å². The fourth-order valence-electron chi connectivity index (χ4n) is 9.13. The molecule has 0 fully saturated rings. The maximum atomic E-state index is 2.52. The summed E-state index contributed by atoms with van der Waals surface area (Å²) in [5.74, 6) is 0.455. The van der Waals surface area contributed by atoms with Crippen molar-refractivity contribution in [3.8, 4) is 28.1 Å². The van der Waals surface area contributed by atoms with Gasteiger partial charge >= 0.3 is 0 Å². The van der Waals surface area contributed by atoms with Gasteiger partial charge in [-0.3, -0.25) is 0 Å². The molecule has 0 spiro atoms. The lowest BCUT2D eigenvalue weighted by molar-refractivity contribution is 0.660. The smallest absolute Gasteiger partial charge is 0.0616 e. The lowest BCUT2D eigenvalue weighted by atomic mass is 9.82. The molecule has 0 amide bonds. The van der Waals surface area contributed by atoms with Crippen LogP contribution in [0.5, 0.6) is 0 Å². The number of hydrogen-bond donors (Lipinski definition) is 0. The second-order valence-corrected chi connectivity index (χ2v) is 15.2. The van der Waals surface area contributed by atoms with Crippen molar-refractivity contribution in [2.45, 2.75) is 38.5 Å². The summed E-state index contributed by atoms with van der Waals surface area (Å²) in [4.78, 5) is 2.44. The van der Waals surface area contributed by atoms with E-state index in [1.54, 1.807) is 0 Å². The summed E-state index contributed by atoms with van der Waals surface area (Å²) in [6.45, 7) is 4.81. The van der Waals surface area contributed by atoms with Crippen LogP contribution in [-0.4, -0.2) is 4.57 Å². The van der Waals surface area contributed by atoms with E-state index in [0.717, 1.165) is 19.3 Å². The summed E-state index contributed by atoms with van der Waals surface area (Å²) >= 11 is 0. The van der Waals surface area contributed by atoms with Crippen molar-refractivity contribution in [1.29, 1.82) is 0 Å². The monoisotopic (exact) mass is 682 g/mol. The van der Waals surface area contributed by atoms with Crippen LogP contribution in [0.3, 0.4) is 0 Å². The van der Waals surface area contributed by atoms with Crippen LogP contribution in [0.2, 0.25) is 0 Å². The van der Waals surface area contributed by atoms with Crippen LogP contribution in [-0.2, 0) is 5.41 Å². The van der Waals surface area contributed by atoms with Crippen LogP contribution in [0.15, 0.2) is 187 Å². The number of allylic oxidation sites excluding steroid dienone is 11. The average molecular weight is 683 g/mol. The van der Waals surface area contributed by atoms with Crippen molar-refractivity contribution in [3.63, 3.8) is 0 Å². The van der Waals surface area contributed by atoms with Crippen molar-refractivity contribution < 1.29 is 0 Å². The Balaban J connectivity index is 1.12. The second-order valence-electron chi connectivity index (χ2n) is 15.2. The van der Waals surface area contributed by atoms with Crippen molar-refractivity contribution in [2.24, 2.45) is 5.92 Å². The van der Waals surface area contributed by atoms with E-state index in [1.807, 2.05) is 0 Å². The molecule has 0 saturated heterocycles. The molecule has 5 aromatic carbocycles. The van der Waals surface area contributed by atoms with Gasteiger partial charge in [0, 0.05) is 45.0 Å². The molecule has 2 heteroatoms. The first kappa shape index (κ1) is 31.6. The minimum absolute atomic E-state index is 0.199. The number of fused-ring (bicyclic) bond motifs is 5. The lowest BCUT2D eigenvalue weighted by Crippen LogP contribution is -2.20. The van der Waals surface area contributed by atoms with E-state index in [4.69, 9.17) is 0 Å². The van der Waals surface area contributed by atoms with Crippen LogP contribution in [0.25, 0.3) is 44.5 Å². The highest BCUT2D eigenvalue weighted by atomic mass is 15.1. The topological polar surface area (TPSA) is 8.17 Å². The summed E-state index contributed by atoms with van der Waals surface area (Å²) in [5.41, 5.74) is 17.8. The maximum absolute atomic E-state index is 2.52. The molecule has 4 aliphatic rings. The maximum Gasteiger partial charge on any atom is 0.0616 e. The van der Waals surface area contributed by atoms with E-state index in [-0.39, 0.29) is 5.41 Å². The van der Waals surface area contributed by atoms with Gasteiger partial charge in [-0.05, 0) is 107 Å². The molecule has 0 aliphatic heterocycles. The first-order chi connectivity index (χ1) is 26.1. The second kappa shape index (κ2) is 12.5. The van der Waals surface area contributed by atoms with E-state index in [9.17, 15) is 0 Å². The molecule has 0 N–H and O–H groups in total. The summed E-state index contributed by atoms with van der Waals surface area (Å²) < 4.78 is 2.52. The van der Waals surface area contributed by atoms with E-state index >= 15 is 0 Å². The van der Waals surface area contributed by atoms with Crippen LogP contribution in [0.4, 0.5) is 11.4 Å². The highest BCUT2D eigenvalue weighted by Gasteiger charge is 2.37. The number of hydrogen-bond acceptors (Lipinski definition) is 1. The SMILES string of the molecule is CC1(C)c2cc(N(C3=CCC4C=CC=CC4=C3)c3ccccc3)ccc2-c2ccc(-n3c(-c4ccccc4)c(C4=CC=CCC4)c4ccccc43)cc21. The summed E-state index contributed by atoms with van der Waals surface area (Å²) in [7, 11) is 0. The Morgan fingerprint density at radius 3 is 2.28 bits per heavy atom. The standard InChI is InChI=1S/C51H42N2/c1-51(2)46-33-41(52(39-22-10-5-11-23-39)40-27-26-35-16-12-13-21-38(35)32-40)28-30-43(46)44-31-29-42(34-47(44)51)53-48-25-15-14-24-45(48)49(36-17-6-3-7-18-36)50(53)37-19-8-4-9-20-37/h3-6,8-17,19-25,27-35H,7,18,26H2,1-2H3. The summed E-state index contributed by atoms with van der Waals surface area (Å²) in [5, 5.41) is 1.31. The normalized spacial score (nSPS) is 17.8.